The van der Waals surface area contributed by atoms with Crippen LogP contribution in [0.4, 0.5) is 0 Å². The first-order valence-electron chi connectivity index (χ1n) is 10.7. The summed E-state index contributed by atoms with van der Waals surface area (Å²) in [5.74, 6) is 0.894. The van der Waals surface area contributed by atoms with Gasteiger partial charge in [-0.2, -0.15) is 0 Å². The highest BCUT2D eigenvalue weighted by Crippen LogP contribution is 2.44. The van der Waals surface area contributed by atoms with E-state index in [-0.39, 0.29) is 12.8 Å². The zero-order valence-electron chi connectivity index (χ0n) is 18.2. The number of rotatable bonds is 5. The highest BCUT2D eigenvalue weighted by molar-refractivity contribution is 5.86. The van der Waals surface area contributed by atoms with Gasteiger partial charge in [0.1, 0.15) is 5.75 Å². The van der Waals surface area contributed by atoms with Crippen molar-refractivity contribution in [2.24, 2.45) is 0 Å². The third kappa shape index (κ3) is 3.10. The molecule has 3 aromatic rings. The molecule has 0 spiro atoms. The molecule has 5 rings (SSSR count). The van der Waals surface area contributed by atoms with Crippen molar-refractivity contribution in [1.29, 1.82) is 0 Å². The van der Waals surface area contributed by atoms with Crippen molar-refractivity contribution in [2.75, 3.05) is 13.9 Å². The van der Waals surface area contributed by atoms with E-state index in [0.717, 1.165) is 65.7 Å². The summed E-state index contributed by atoms with van der Waals surface area (Å²) in [7, 11) is 1.64. The summed E-state index contributed by atoms with van der Waals surface area (Å²) in [6.07, 6.45) is 6.91. The van der Waals surface area contributed by atoms with Gasteiger partial charge in [0.15, 0.2) is 12.4 Å². The Morgan fingerprint density at radius 3 is 2.70 bits per heavy atom. The standard InChI is InChI=1S/C24H29N3O3/c1-14-8-16-6-5-7-18(16)22(30-13-29-4)21(14)20-9-19-15(2)12-27(23(19)26-25-20)17-10-24(3,28)11-17/h8-9,12,17,28H,5-7,10-11,13H2,1-4H3. The van der Waals surface area contributed by atoms with Gasteiger partial charge in [0.05, 0.1) is 11.3 Å². The molecule has 0 aliphatic heterocycles. The molecule has 6 heteroatoms. The summed E-state index contributed by atoms with van der Waals surface area (Å²) in [5, 5.41) is 20.5. The Balaban J connectivity index is 1.61. The topological polar surface area (TPSA) is 69.4 Å². The molecule has 2 aliphatic carbocycles. The van der Waals surface area contributed by atoms with Crippen LogP contribution in [0, 0.1) is 13.8 Å². The molecule has 0 bridgehead atoms. The molecule has 158 valence electrons. The van der Waals surface area contributed by atoms with Crippen LogP contribution in [0.5, 0.6) is 5.75 Å². The minimum absolute atomic E-state index is 0.218. The summed E-state index contributed by atoms with van der Waals surface area (Å²) < 4.78 is 13.5. The maximum Gasteiger partial charge on any atom is 0.188 e. The first-order valence-corrected chi connectivity index (χ1v) is 10.7. The van der Waals surface area contributed by atoms with Crippen LogP contribution in [-0.4, -0.2) is 39.4 Å². The van der Waals surface area contributed by atoms with E-state index in [2.05, 4.69) is 46.9 Å². The largest absolute Gasteiger partial charge is 0.467 e. The molecule has 2 heterocycles. The lowest BCUT2D eigenvalue weighted by Crippen LogP contribution is -2.41. The quantitative estimate of drug-likeness (QED) is 0.640. The monoisotopic (exact) mass is 407 g/mol. The van der Waals surface area contributed by atoms with Gasteiger partial charge in [0.25, 0.3) is 0 Å². The molecule has 0 atom stereocenters. The average Bonchev–Trinajstić information content (AvgIpc) is 3.28. The molecule has 0 amide bonds. The highest BCUT2D eigenvalue weighted by Gasteiger charge is 2.40. The molecule has 30 heavy (non-hydrogen) atoms. The molecule has 6 nitrogen and oxygen atoms in total. The number of aromatic nitrogens is 3. The smallest absolute Gasteiger partial charge is 0.188 e. The van der Waals surface area contributed by atoms with E-state index in [4.69, 9.17) is 9.47 Å². The van der Waals surface area contributed by atoms with Gasteiger partial charge in [-0.15, -0.1) is 10.2 Å². The van der Waals surface area contributed by atoms with Gasteiger partial charge < -0.3 is 19.1 Å². The second-order valence-corrected chi connectivity index (χ2v) is 9.18. The minimum Gasteiger partial charge on any atom is -0.467 e. The molecule has 2 aliphatic rings. The van der Waals surface area contributed by atoms with Crippen molar-refractivity contribution in [3.63, 3.8) is 0 Å². The Morgan fingerprint density at radius 2 is 1.97 bits per heavy atom. The van der Waals surface area contributed by atoms with E-state index in [1.54, 1.807) is 7.11 Å². The van der Waals surface area contributed by atoms with E-state index in [9.17, 15) is 5.11 Å². The normalized spacial score (nSPS) is 22.9. The van der Waals surface area contributed by atoms with E-state index in [0.29, 0.717) is 0 Å². The van der Waals surface area contributed by atoms with Gasteiger partial charge in [-0.05, 0) is 81.2 Å². The highest BCUT2D eigenvalue weighted by atomic mass is 16.7. The SMILES string of the molecule is COCOc1c2c(cc(C)c1-c1cc3c(C)cn(C4CC(C)(O)C4)c3nn1)CCC2. The van der Waals surface area contributed by atoms with E-state index >= 15 is 0 Å². The number of aryl methyl sites for hydroxylation is 3. The van der Waals surface area contributed by atoms with Crippen molar-refractivity contribution in [1.82, 2.24) is 14.8 Å². The fourth-order valence-corrected chi connectivity index (χ4v) is 5.20. The van der Waals surface area contributed by atoms with Crippen molar-refractivity contribution in [3.05, 3.63) is 40.6 Å². The van der Waals surface area contributed by atoms with Crippen LogP contribution in [0.3, 0.4) is 0 Å². The molecule has 1 N–H and O–H groups in total. The molecule has 0 radical (unpaired) electrons. The third-order valence-corrected chi connectivity index (χ3v) is 6.64. The molecule has 0 unspecified atom stereocenters. The predicted octanol–water partition coefficient (Wildman–Crippen LogP) is 4.27. The van der Waals surface area contributed by atoms with Crippen LogP contribution in [0.15, 0.2) is 18.3 Å². The summed E-state index contributed by atoms with van der Waals surface area (Å²) in [6, 6.07) is 4.69. The maximum atomic E-state index is 10.2. The Morgan fingerprint density at radius 1 is 1.17 bits per heavy atom. The number of nitrogens with zero attached hydrogens (tertiary/aromatic N) is 3. The van der Waals surface area contributed by atoms with Crippen LogP contribution in [0.25, 0.3) is 22.3 Å². The van der Waals surface area contributed by atoms with Gasteiger partial charge in [-0.1, -0.05) is 6.07 Å². The summed E-state index contributed by atoms with van der Waals surface area (Å²) in [4.78, 5) is 0. The van der Waals surface area contributed by atoms with E-state index in [1.165, 1.54) is 16.7 Å². The summed E-state index contributed by atoms with van der Waals surface area (Å²) in [6.45, 7) is 6.34. The summed E-state index contributed by atoms with van der Waals surface area (Å²) >= 11 is 0. The van der Waals surface area contributed by atoms with E-state index in [1.807, 2.05) is 6.92 Å². The van der Waals surface area contributed by atoms with Gasteiger partial charge in [-0.25, -0.2) is 0 Å². The van der Waals surface area contributed by atoms with Crippen LogP contribution in [-0.2, 0) is 17.6 Å². The van der Waals surface area contributed by atoms with Crippen LogP contribution < -0.4 is 4.74 Å². The van der Waals surface area contributed by atoms with Gasteiger partial charge in [0.2, 0.25) is 0 Å². The number of aliphatic hydroxyl groups is 1. The van der Waals surface area contributed by atoms with Crippen LogP contribution in [0.2, 0.25) is 0 Å². The lowest BCUT2D eigenvalue weighted by atomic mass is 9.77. The number of ether oxygens (including phenoxy) is 2. The Hall–Kier alpha value is -2.44. The van der Waals surface area contributed by atoms with Crippen molar-refractivity contribution in [2.45, 2.75) is 64.5 Å². The maximum absolute atomic E-state index is 10.2. The van der Waals surface area contributed by atoms with Crippen molar-refractivity contribution in [3.8, 4) is 17.0 Å². The van der Waals surface area contributed by atoms with Gasteiger partial charge >= 0.3 is 0 Å². The fourth-order valence-electron chi connectivity index (χ4n) is 5.20. The van der Waals surface area contributed by atoms with Gasteiger partial charge in [-0.3, -0.25) is 0 Å². The lowest BCUT2D eigenvalue weighted by molar-refractivity contribution is -0.0498. The van der Waals surface area contributed by atoms with Crippen molar-refractivity contribution >= 4 is 11.0 Å². The van der Waals surface area contributed by atoms with Crippen LogP contribution >= 0.6 is 0 Å². The number of hydrogen-bond donors (Lipinski definition) is 1. The Bertz CT molecular complexity index is 1120. The second kappa shape index (κ2) is 7.06. The molecule has 1 fully saturated rings. The number of fused-ring (bicyclic) bond motifs is 2. The molecular formula is C24H29N3O3. The van der Waals surface area contributed by atoms with Crippen molar-refractivity contribution < 1.29 is 14.6 Å². The first-order chi connectivity index (χ1) is 14.4. The lowest BCUT2D eigenvalue weighted by Gasteiger charge is -2.41. The molecule has 2 aromatic heterocycles. The number of methoxy groups -OCH3 is 1. The molecule has 1 aromatic carbocycles. The van der Waals surface area contributed by atoms with Crippen LogP contribution in [0.1, 0.15) is 54.5 Å². The van der Waals surface area contributed by atoms with Gasteiger partial charge in [0, 0.05) is 30.3 Å². The first kappa shape index (κ1) is 19.5. The Kier molecular flexibility index (Phi) is 4.60. The van der Waals surface area contributed by atoms with E-state index < -0.39 is 5.60 Å². The zero-order valence-corrected chi connectivity index (χ0v) is 18.2. The number of benzene rings is 1. The predicted molar refractivity (Wildman–Crippen MR) is 116 cm³/mol. The fraction of sp³-hybridized carbons (Fsp3) is 0.500. The Labute approximate surface area is 176 Å². The molecule has 1 saturated carbocycles. The average molecular weight is 408 g/mol. The number of hydrogen-bond acceptors (Lipinski definition) is 5. The third-order valence-electron chi connectivity index (χ3n) is 6.64. The zero-order chi connectivity index (χ0) is 21.0. The minimum atomic E-state index is -0.572. The molecular weight excluding hydrogens is 378 g/mol. The second-order valence-electron chi connectivity index (χ2n) is 9.18. The molecule has 0 saturated heterocycles. The summed E-state index contributed by atoms with van der Waals surface area (Å²) in [5.41, 5.74) is 7.14.